The van der Waals surface area contributed by atoms with Gasteiger partial charge in [0.1, 0.15) is 0 Å². The molecule has 0 aliphatic rings. The molecule has 1 aromatic carbocycles. The van der Waals surface area contributed by atoms with Crippen LogP contribution >= 0.6 is 0 Å². The molecule has 3 heteroatoms. The van der Waals surface area contributed by atoms with Crippen LogP contribution < -0.4 is 5.73 Å². The molecular formula is C17H29N3. The van der Waals surface area contributed by atoms with Gasteiger partial charge in [-0.25, -0.2) is 0 Å². The fraction of sp³-hybridized carbons (Fsp3) is 0.588. The maximum Gasteiger partial charge on any atom is 0.0995 e. The van der Waals surface area contributed by atoms with E-state index in [1.54, 1.807) is 0 Å². The number of hydrogen-bond donors (Lipinski definition) is 2. The molecule has 0 aliphatic carbocycles. The van der Waals surface area contributed by atoms with Gasteiger partial charge in [-0.3, -0.25) is 10.3 Å². The average Bonchev–Trinajstić information content (AvgIpc) is 2.47. The summed E-state index contributed by atoms with van der Waals surface area (Å²) in [6.45, 7) is 8.62. The van der Waals surface area contributed by atoms with Crippen LogP contribution in [-0.2, 0) is 0 Å². The van der Waals surface area contributed by atoms with Crippen LogP contribution in [0.4, 0.5) is 0 Å². The second-order valence-corrected chi connectivity index (χ2v) is 5.52. The molecule has 3 nitrogen and oxygen atoms in total. The standard InChI is InChI=1S/C17H29N3/c1-4-6-12-20(14(3)5-2)13-16(17(18)19)15-10-8-7-9-11-15/h7-11,14,16H,4-6,12-13H2,1-3H3,(H3,18,19). The van der Waals surface area contributed by atoms with Gasteiger partial charge in [-0.1, -0.05) is 50.6 Å². The van der Waals surface area contributed by atoms with E-state index in [0.717, 1.165) is 25.1 Å². The number of benzene rings is 1. The van der Waals surface area contributed by atoms with Crippen molar-refractivity contribution in [2.24, 2.45) is 5.73 Å². The summed E-state index contributed by atoms with van der Waals surface area (Å²) in [4.78, 5) is 2.47. The lowest BCUT2D eigenvalue weighted by Crippen LogP contribution is -2.40. The highest BCUT2D eigenvalue weighted by Crippen LogP contribution is 2.19. The maximum atomic E-state index is 7.91. The molecule has 20 heavy (non-hydrogen) atoms. The van der Waals surface area contributed by atoms with E-state index in [2.05, 4.69) is 37.8 Å². The molecule has 1 rings (SSSR count). The zero-order valence-electron chi connectivity index (χ0n) is 13.1. The number of nitrogens with two attached hydrogens (primary N) is 1. The van der Waals surface area contributed by atoms with Gasteiger partial charge < -0.3 is 5.73 Å². The number of rotatable bonds is 9. The van der Waals surface area contributed by atoms with Crippen LogP contribution in [0.3, 0.4) is 0 Å². The second-order valence-electron chi connectivity index (χ2n) is 5.52. The summed E-state index contributed by atoms with van der Waals surface area (Å²) in [5, 5.41) is 7.91. The van der Waals surface area contributed by atoms with E-state index < -0.39 is 0 Å². The minimum atomic E-state index is 0.00190. The molecule has 2 unspecified atom stereocenters. The number of hydrogen-bond acceptors (Lipinski definition) is 2. The normalized spacial score (nSPS) is 14.2. The Kier molecular flexibility index (Phi) is 7.31. The first-order valence-electron chi connectivity index (χ1n) is 7.73. The Morgan fingerprint density at radius 2 is 1.90 bits per heavy atom. The first kappa shape index (κ1) is 16.7. The molecule has 0 spiro atoms. The van der Waals surface area contributed by atoms with Crippen molar-refractivity contribution in [1.82, 2.24) is 4.90 Å². The van der Waals surface area contributed by atoms with Crippen molar-refractivity contribution < 1.29 is 0 Å². The van der Waals surface area contributed by atoms with Gasteiger partial charge in [0.15, 0.2) is 0 Å². The van der Waals surface area contributed by atoms with Crippen LogP contribution in [0.1, 0.15) is 51.5 Å². The van der Waals surface area contributed by atoms with Crippen molar-refractivity contribution in [2.75, 3.05) is 13.1 Å². The van der Waals surface area contributed by atoms with Crippen LogP contribution in [0.25, 0.3) is 0 Å². The first-order chi connectivity index (χ1) is 9.60. The van der Waals surface area contributed by atoms with Gasteiger partial charge in [0.25, 0.3) is 0 Å². The Hall–Kier alpha value is -1.35. The van der Waals surface area contributed by atoms with Gasteiger partial charge in [-0.15, -0.1) is 0 Å². The van der Waals surface area contributed by atoms with Crippen LogP contribution in [0.2, 0.25) is 0 Å². The van der Waals surface area contributed by atoms with Crippen molar-refractivity contribution in [3.05, 3.63) is 35.9 Å². The van der Waals surface area contributed by atoms with Gasteiger partial charge >= 0.3 is 0 Å². The molecule has 0 aliphatic heterocycles. The number of nitrogens with zero attached hydrogens (tertiary/aromatic N) is 1. The zero-order chi connectivity index (χ0) is 15.0. The third-order valence-corrected chi connectivity index (χ3v) is 4.01. The van der Waals surface area contributed by atoms with Gasteiger partial charge in [-0.2, -0.15) is 0 Å². The van der Waals surface area contributed by atoms with Crippen molar-refractivity contribution in [1.29, 1.82) is 5.41 Å². The summed E-state index contributed by atoms with van der Waals surface area (Å²) < 4.78 is 0. The topological polar surface area (TPSA) is 53.1 Å². The lowest BCUT2D eigenvalue weighted by Gasteiger charge is -2.32. The number of nitrogens with one attached hydrogen (secondary N) is 1. The van der Waals surface area contributed by atoms with Crippen molar-refractivity contribution >= 4 is 5.84 Å². The molecule has 0 radical (unpaired) electrons. The Morgan fingerprint density at radius 1 is 1.25 bits per heavy atom. The van der Waals surface area contributed by atoms with Crippen LogP contribution in [0.15, 0.2) is 30.3 Å². The summed E-state index contributed by atoms with van der Waals surface area (Å²) in [5.41, 5.74) is 6.99. The Morgan fingerprint density at radius 3 is 2.40 bits per heavy atom. The highest BCUT2D eigenvalue weighted by atomic mass is 15.2. The van der Waals surface area contributed by atoms with E-state index in [0.29, 0.717) is 6.04 Å². The molecule has 112 valence electrons. The van der Waals surface area contributed by atoms with Crippen molar-refractivity contribution in [2.45, 2.75) is 52.0 Å². The fourth-order valence-corrected chi connectivity index (χ4v) is 2.41. The predicted molar refractivity (Wildman–Crippen MR) is 87.3 cm³/mol. The average molecular weight is 275 g/mol. The van der Waals surface area contributed by atoms with Crippen LogP contribution in [-0.4, -0.2) is 29.9 Å². The van der Waals surface area contributed by atoms with E-state index in [4.69, 9.17) is 11.1 Å². The maximum absolute atomic E-state index is 7.91. The van der Waals surface area contributed by atoms with E-state index in [1.165, 1.54) is 12.8 Å². The molecule has 0 saturated carbocycles. The van der Waals surface area contributed by atoms with Gasteiger partial charge in [0.05, 0.1) is 11.8 Å². The van der Waals surface area contributed by atoms with E-state index >= 15 is 0 Å². The molecule has 0 aromatic heterocycles. The van der Waals surface area contributed by atoms with Gasteiger partial charge in [0.2, 0.25) is 0 Å². The summed E-state index contributed by atoms with van der Waals surface area (Å²) in [6, 6.07) is 10.7. The number of amidine groups is 1. The third kappa shape index (κ3) is 4.97. The minimum absolute atomic E-state index is 0.00190. The number of unbranched alkanes of at least 4 members (excludes halogenated alkanes) is 1. The second kappa shape index (κ2) is 8.75. The van der Waals surface area contributed by atoms with Crippen LogP contribution in [0.5, 0.6) is 0 Å². The molecule has 0 saturated heterocycles. The molecular weight excluding hydrogens is 246 g/mol. The molecule has 1 aromatic rings. The zero-order valence-corrected chi connectivity index (χ0v) is 13.1. The molecule has 0 fully saturated rings. The summed E-state index contributed by atoms with van der Waals surface area (Å²) in [7, 11) is 0. The largest absolute Gasteiger partial charge is 0.387 e. The smallest absolute Gasteiger partial charge is 0.0995 e. The SMILES string of the molecule is CCCCN(CC(C(=N)N)c1ccccc1)C(C)CC. The predicted octanol–water partition coefficient (Wildman–Crippen LogP) is 3.61. The van der Waals surface area contributed by atoms with E-state index in [9.17, 15) is 0 Å². The quantitative estimate of drug-likeness (QED) is 0.534. The van der Waals surface area contributed by atoms with Crippen LogP contribution in [0, 0.1) is 5.41 Å². The summed E-state index contributed by atoms with van der Waals surface area (Å²) in [6.07, 6.45) is 3.52. The highest BCUT2D eigenvalue weighted by molar-refractivity contribution is 5.84. The molecule has 2 atom stereocenters. The molecule has 3 N–H and O–H groups in total. The van der Waals surface area contributed by atoms with Crippen molar-refractivity contribution in [3.8, 4) is 0 Å². The first-order valence-corrected chi connectivity index (χ1v) is 7.73. The lowest BCUT2D eigenvalue weighted by molar-refractivity contribution is 0.198. The summed E-state index contributed by atoms with van der Waals surface area (Å²) in [5.74, 6) is 0.267. The van der Waals surface area contributed by atoms with E-state index in [1.807, 2.05) is 18.2 Å². The Balaban J connectivity index is 2.83. The fourth-order valence-electron chi connectivity index (χ4n) is 2.41. The van der Waals surface area contributed by atoms with Gasteiger partial charge in [0, 0.05) is 12.6 Å². The van der Waals surface area contributed by atoms with E-state index in [-0.39, 0.29) is 11.8 Å². The monoisotopic (exact) mass is 275 g/mol. The van der Waals surface area contributed by atoms with Gasteiger partial charge in [-0.05, 0) is 31.9 Å². The molecule has 0 bridgehead atoms. The third-order valence-electron chi connectivity index (χ3n) is 4.01. The summed E-state index contributed by atoms with van der Waals surface area (Å²) >= 11 is 0. The van der Waals surface area contributed by atoms with Crippen molar-refractivity contribution in [3.63, 3.8) is 0 Å². The Labute approximate surface area is 123 Å². The highest BCUT2D eigenvalue weighted by Gasteiger charge is 2.21. The molecule has 0 amide bonds. The lowest BCUT2D eigenvalue weighted by atomic mass is 9.96. The Bertz CT molecular complexity index is 388. The minimum Gasteiger partial charge on any atom is -0.387 e. The molecule has 0 heterocycles.